The third-order valence-electron chi connectivity index (χ3n) is 5.68. The number of fused-ring (bicyclic) bond motifs is 1. The quantitative estimate of drug-likeness (QED) is 0.468. The molecule has 1 saturated heterocycles. The summed E-state index contributed by atoms with van der Waals surface area (Å²) in [5.41, 5.74) is 5.72. The van der Waals surface area contributed by atoms with Gasteiger partial charge in [-0.15, -0.1) is 0 Å². The van der Waals surface area contributed by atoms with E-state index in [9.17, 15) is 4.79 Å². The highest BCUT2D eigenvalue weighted by Crippen LogP contribution is 2.32. The van der Waals surface area contributed by atoms with Crippen LogP contribution in [-0.4, -0.2) is 45.8 Å². The third-order valence-corrected chi connectivity index (χ3v) is 5.68. The number of carbonyl (C=O) groups excluding carboxylic acids is 1. The van der Waals surface area contributed by atoms with Crippen LogP contribution >= 0.6 is 0 Å². The Kier molecular flexibility index (Phi) is 5.18. The Bertz CT molecular complexity index is 1250. The van der Waals surface area contributed by atoms with E-state index in [0.717, 1.165) is 58.6 Å². The van der Waals surface area contributed by atoms with Crippen molar-refractivity contribution in [1.29, 1.82) is 0 Å². The molecule has 0 aliphatic carbocycles. The molecule has 0 spiro atoms. The molecule has 0 radical (unpaired) electrons. The predicted molar refractivity (Wildman–Crippen MR) is 119 cm³/mol. The number of aryl methyl sites for hydroxylation is 1. The van der Waals surface area contributed by atoms with Crippen LogP contribution in [0, 0.1) is 12.8 Å². The van der Waals surface area contributed by atoms with Gasteiger partial charge in [0, 0.05) is 22.8 Å². The Morgan fingerprint density at radius 3 is 2.90 bits per heavy atom. The standard InChI is InChI=1S/C24H23N5O2/c1-15-3-2-4-22(28-15)23-20(14-27-29-23)17-5-6-21-19(11-17)18(7-9-26-21)24(30)31-10-8-16-12-25-13-16/h2-7,9,11,14,16,25H,8,10,12-13H2,1H3,(H,27,29). The largest absolute Gasteiger partial charge is 0.462 e. The smallest absolute Gasteiger partial charge is 0.338 e. The lowest BCUT2D eigenvalue weighted by Gasteiger charge is -2.26. The van der Waals surface area contributed by atoms with Crippen LogP contribution in [0.25, 0.3) is 33.4 Å². The number of rotatable bonds is 6. The summed E-state index contributed by atoms with van der Waals surface area (Å²) in [7, 11) is 0. The van der Waals surface area contributed by atoms with E-state index in [1.54, 1.807) is 18.5 Å². The van der Waals surface area contributed by atoms with Crippen molar-refractivity contribution in [3.8, 4) is 22.5 Å². The van der Waals surface area contributed by atoms with Gasteiger partial charge in [0.25, 0.3) is 0 Å². The van der Waals surface area contributed by atoms with Gasteiger partial charge in [-0.25, -0.2) is 4.79 Å². The van der Waals surface area contributed by atoms with Crippen molar-refractivity contribution in [3.63, 3.8) is 0 Å². The fourth-order valence-electron chi connectivity index (χ4n) is 3.82. The lowest BCUT2D eigenvalue weighted by molar-refractivity contribution is 0.0473. The summed E-state index contributed by atoms with van der Waals surface area (Å²) < 4.78 is 5.56. The van der Waals surface area contributed by atoms with Crippen molar-refractivity contribution >= 4 is 16.9 Å². The minimum absolute atomic E-state index is 0.315. The third kappa shape index (κ3) is 3.92. The molecule has 1 fully saturated rings. The van der Waals surface area contributed by atoms with Crippen LogP contribution in [-0.2, 0) is 4.74 Å². The molecule has 1 aliphatic rings. The van der Waals surface area contributed by atoms with Crippen LogP contribution < -0.4 is 5.32 Å². The Hall–Kier alpha value is -3.58. The number of esters is 1. The van der Waals surface area contributed by atoms with Crippen LogP contribution in [0.4, 0.5) is 0 Å². The van der Waals surface area contributed by atoms with Gasteiger partial charge in [-0.3, -0.25) is 15.1 Å². The second-order valence-corrected chi connectivity index (χ2v) is 7.86. The molecule has 0 bridgehead atoms. The van der Waals surface area contributed by atoms with E-state index in [-0.39, 0.29) is 5.97 Å². The molecule has 31 heavy (non-hydrogen) atoms. The summed E-state index contributed by atoms with van der Waals surface area (Å²) in [5.74, 6) is 0.285. The Labute approximate surface area is 179 Å². The van der Waals surface area contributed by atoms with Crippen LogP contribution in [0.15, 0.2) is 54.9 Å². The molecule has 1 aliphatic heterocycles. The van der Waals surface area contributed by atoms with Crippen LogP contribution in [0.5, 0.6) is 0 Å². The zero-order valence-electron chi connectivity index (χ0n) is 17.3. The second-order valence-electron chi connectivity index (χ2n) is 7.86. The van der Waals surface area contributed by atoms with Crippen LogP contribution in [0.3, 0.4) is 0 Å². The SMILES string of the molecule is Cc1cccc(-c2[nH]ncc2-c2ccc3nccc(C(=O)OCCC4CNC4)c3c2)n1. The highest BCUT2D eigenvalue weighted by atomic mass is 16.5. The van der Waals surface area contributed by atoms with Gasteiger partial charge < -0.3 is 10.1 Å². The maximum atomic E-state index is 12.8. The first kappa shape index (κ1) is 19.4. The first-order valence-corrected chi connectivity index (χ1v) is 10.4. The van der Waals surface area contributed by atoms with Gasteiger partial charge in [0.1, 0.15) is 0 Å². The van der Waals surface area contributed by atoms with E-state index in [2.05, 4.69) is 25.5 Å². The summed E-state index contributed by atoms with van der Waals surface area (Å²) in [6.45, 7) is 4.39. The highest BCUT2D eigenvalue weighted by molar-refractivity contribution is 6.04. The molecule has 1 aromatic carbocycles. The van der Waals surface area contributed by atoms with Gasteiger partial charge in [0.2, 0.25) is 0 Å². The average molecular weight is 413 g/mol. The molecule has 0 amide bonds. The molecule has 3 aromatic heterocycles. The van der Waals surface area contributed by atoms with Crippen molar-refractivity contribution in [2.24, 2.45) is 5.92 Å². The fraction of sp³-hybridized carbons (Fsp3) is 0.250. The summed E-state index contributed by atoms with van der Waals surface area (Å²) in [5, 5.41) is 11.3. The minimum Gasteiger partial charge on any atom is -0.462 e. The van der Waals surface area contributed by atoms with Crippen molar-refractivity contribution in [3.05, 3.63) is 66.1 Å². The van der Waals surface area contributed by atoms with Crippen molar-refractivity contribution in [1.82, 2.24) is 25.5 Å². The molecular weight excluding hydrogens is 390 g/mol. The maximum Gasteiger partial charge on any atom is 0.338 e. The number of H-pyrrole nitrogens is 1. The number of nitrogens with zero attached hydrogens (tertiary/aromatic N) is 3. The number of ether oxygens (including phenoxy) is 1. The molecule has 5 rings (SSSR count). The minimum atomic E-state index is -0.315. The lowest BCUT2D eigenvalue weighted by atomic mass is 9.99. The number of aromatic amines is 1. The van der Waals surface area contributed by atoms with Gasteiger partial charge >= 0.3 is 5.97 Å². The lowest BCUT2D eigenvalue weighted by Crippen LogP contribution is -2.42. The summed E-state index contributed by atoms with van der Waals surface area (Å²) >= 11 is 0. The summed E-state index contributed by atoms with van der Waals surface area (Å²) in [6.07, 6.45) is 4.31. The van der Waals surface area contributed by atoms with E-state index in [1.165, 1.54) is 0 Å². The van der Waals surface area contributed by atoms with Crippen molar-refractivity contribution < 1.29 is 9.53 Å². The molecule has 7 nitrogen and oxygen atoms in total. The molecule has 4 aromatic rings. The van der Waals surface area contributed by atoms with Crippen molar-refractivity contribution in [2.75, 3.05) is 19.7 Å². The second kappa shape index (κ2) is 8.28. The Morgan fingerprint density at radius 2 is 2.10 bits per heavy atom. The summed E-state index contributed by atoms with van der Waals surface area (Å²) in [6, 6.07) is 13.5. The number of carbonyl (C=O) groups is 1. The predicted octanol–water partition coefficient (Wildman–Crippen LogP) is 3.76. The Balaban J connectivity index is 1.47. The molecule has 0 unspecified atom stereocenters. The Morgan fingerprint density at radius 1 is 1.19 bits per heavy atom. The first-order chi connectivity index (χ1) is 15.2. The van der Waals surface area contributed by atoms with Gasteiger partial charge in [-0.2, -0.15) is 5.10 Å². The maximum absolute atomic E-state index is 12.8. The topological polar surface area (TPSA) is 92.8 Å². The van der Waals surface area contributed by atoms with E-state index in [0.29, 0.717) is 18.1 Å². The molecule has 7 heteroatoms. The van der Waals surface area contributed by atoms with Crippen LogP contribution in [0.1, 0.15) is 22.5 Å². The summed E-state index contributed by atoms with van der Waals surface area (Å²) in [4.78, 5) is 21.8. The molecular formula is C24H23N5O2. The fourth-order valence-corrected chi connectivity index (χ4v) is 3.82. The molecule has 2 N–H and O–H groups in total. The average Bonchev–Trinajstić information content (AvgIpc) is 3.24. The highest BCUT2D eigenvalue weighted by Gasteiger charge is 2.19. The monoisotopic (exact) mass is 413 g/mol. The number of benzene rings is 1. The van der Waals surface area contributed by atoms with Crippen molar-refractivity contribution in [2.45, 2.75) is 13.3 Å². The van der Waals surface area contributed by atoms with Gasteiger partial charge in [-0.05, 0) is 68.2 Å². The number of pyridine rings is 2. The van der Waals surface area contributed by atoms with E-state index in [1.807, 2.05) is 43.3 Å². The zero-order chi connectivity index (χ0) is 21.2. The molecule has 0 atom stereocenters. The molecule has 156 valence electrons. The zero-order valence-corrected chi connectivity index (χ0v) is 17.3. The number of aromatic nitrogens is 4. The first-order valence-electron chi connectivity index (χ1n) is 10.4. The van der Waals surface area contributed by atoms with Gasteiger partial charge in [0.05, 0.1) is 35.3 Å². The van der Waals surface area contributed by atoms with Gasteiger partial charge in [0.15, 0.2) is 0 Å². The van der Waals surface area contributed by atoms with E-state index < -0.39 is 0 Å². The van der Waals surface area contributed by atoms with E-state index in [4.69, 9.17) is 4.74 Å². The van der Waals surface area contributed by atoms with Crippen LogP contribution in [0.2, 0.25) is 0 Å². The number of nitrogens with one attached hydrogen (secondary N) is 2. The molecule has 0 saturated carbocycles. The van der Waals surface area contributed by atoms with Gasteiger partial charge in [-0.1, -0.05) is 12.1 Å². The molecule has 4 heterocycles. The number of hydrogen-bond acceptors (Lipinski definition) is 6. The normalized spacial score (nSPS) is 13.8. The van der Waals surface area contributed by atoms with E-state index >= 15 is 0 Å². The number of hydrogen-bond donors (Lipinski definition) is 2.